The van der Waals surface area contributed by atoms with Gasteiger partial charge < -0.3 is 4.90 Å². The summed E-state index contributed by atoms with van der Waals surface area (Å²) >= 11 is 0. The maximum absolute atomic E-state index is 14.0. The summed E-state index contributed by atoms with van der Waals surface area (Å²) in [6.45, 7) is 2.22. The molecular weight excluding hydrogens is 429 g/mol. The van der Waals surface area contributed by atoms with Crippen LogP contribution in [0.15, 0.2) is 53.3 Å². The van der Waals surface area contributed by atoms with Crippen LogP contribution in [-0.4, -0.2) is 34.0 Å². The molecule has 1 aromatic heterocycles. The molecule has 1 aliphatic heterocycles. The number of nitrogens with one attached hydrogen (secondary N) is 2. The molecule has 1 unspecified atom stereocenters. The summed E-state index contributed by atoms with van der Waals surface area (Å²) in [7, 11) is 0. The minimum atomic E-state index is -0.767. The number of amides is 3. The van der Waals surface area contributed by atoms with Crippen molar-refractivity contribution in [1.82, 2.24) is 20.6 Å². The molecule has 2 N–H and O–H groups in total. The highest BCUT2D eigenvalue weighted by Gasteiger charge is 2.36. The molecule has 3 amide bonds. The third-order valence-electron chi connectivity index (χ3n) is 5.46. The third-order valence-corrected chi connectivity index (χ3v) is 5.46. The molecule has 170 valence electrons. The van der Waals surface area contributed by atoms with Crippen LogP contribution in [0.1, 0.15) is 30.3 Å². The van der Waals surface area contributed by atoms with Crippen LogP contribution in [0.3, 0.4) is 0 Å². The van der Waals surface area contributed by atoms with E-state index in [0.29, 0.717) is 23.7 Å². The molecule has 9 nitrogen and oxygen atoms in total. The van der Waals surface area contributed by atoms with Crippen molar-refractivity contribution in [2.75, 3.05) is 11.4 Å². The first-order chi connectivity index (χ1) is 15.9. The number of fused-ring (bicyclic) bond motifs is 1. The van der Waals surface area contributed by atoms with Crippen LogP contribution in [-0.2, 0) is 16.1 Å². The first kappa shape index (κ1) is 22.1. The lowest BCUT2D eigenvalue weighted by molar-refractivity contribution is -0.126. The fraction of sp³-hybridized carbons (Fsp3) is 0.261. The van der Waals surface area contributed by atoms with Gasteiger partial charge in [0.2, 0.25) is 11.8 Å². The van der Waals surface area contributed by atoms with E-state index in [4.69, 9.17) is 0 Å². The van der Waals surface area contributed by atoms with Crippen molar-refractivity contribution in [2.45, 2.75) is 26.3 Å². The number of nitrogens with zero attached hydrogens (tertiary/aromatic N) is 3. The predicted molar refractivity (Wildman–Crippen MR) is 119 cm³/mol. The zero-order valence-corrected chi connectivity index (χ0v) is 17.9. The van der Waals surface area contributed by atoms with Crippen LogP contribution >= 0.6 is 0 Å². The van der Waals surface area contributed by atoms with Crippen molar-refractivity contribution in [3.63, 3.8) is 0 Å². The molecule has 1 atom stereocenters. The number of halogens is 1. The van der Waals surface area contributed by atoms with Gasteiger partial charge in [-0.05, 0) is 24.6 Å². The summed E-state index contributed by atoms with van der Waals surface area (Å²) < 4.78 is 15.3. The number of benzene rings is 2. The van der Waals surface area contributed by atoms with Crippen molar-refractivity contribution in [2.24, 2.45) is 5.92 Å². The normalized spacial score (nSPS) is 15.6. The second kappa shape index (κ2) is 9.19. The second-order valence-electron chi connectivity index (χ2n) is 7.72. The van der Waals surface area contributed by atoms with Gasteiger partial charge in [-0.3, -0.25) is 30.0 Å². The highest BCUT2D eigenvalue weighted by atomic mass is 19.1. The van der Waals surface area contributed by atoms with Crippen LogP contribution in [0.4, 0.5) is 10.1 Å². The van der Waals surface area contributed by atoms with E-state index in [1.54, 1.807) is 30.3 Å². The number of carbonyl (C=O) groups is 3. The van der Waals surface area contributed by atoms with Gasteiger partial charge in [-0.15, -0.1) is 0 Å². The van der Waals surface area contributed by atoms with E-state index < -0.39 is 23.5 Å². The molecule has 2 aromatic carbocycles. The minimum Gasteiger partial charge on any atom is -0.309 e. The summed E-state index contributed by atoms with van der Waals surface area (Å²) in [5, 5.41) is 4.89. The molecule has 10 heteroatoms. The second-order valence-corrected chi connectivity index (χ2v) is 7.72. The minimum absolute atomic E-state index is 0.00516. The van der Waals surface area contributed by atoms with Crippen LogP contribution in [0.5, 0.6) is 0 Å². The summed E-state index contributed by atoms with van der Waals surface area (Å²) in [5.74, 6) is -2.98. The Labute approximate surface area is 188 Å². The van der Waals surface area contributed by atoms with E-state index in [2.05, 4.69) is 16.0 Å². The summed E-state index contributed by atoms with van der Waals surface area (Å²) in [6, 6.07) is 12.4. The zero-order chi connectivity index (χ0) is 23.5. The van der Waals surface area contributed by atoms with Gasteiger partial charge in [0.05, 0.1) is 17.0 Å². The van der Waals surface area contributed by atoms with E-state index in [1.165, 1.54) is 27.8 Å². The maximum Gasteiger partial charge on any atom is 0.290 e. The maximum atomic E-state index is 14.0. The van der Waals surface area contributed by atoms with Gasteiger partial charge in [0.25, 0.3) is 11.5 Å². The molecule has 1 saturated heterocycles. The number of hydrazine groups is 1. The number of anilines is 1. The van der Waals surface area contributed by atoms with Crippen molar-refractivity contribution in [3.8, 4) is 0 Å². The molecule has 1 fully saturated rings. The van der Waals surface area contributed by atoms with Gasteiger partial charge in [-0.25, -0.2) is 9.07 Å². The van der Waals surface area contributed by atoms with Crippen molar-refractivity contribution < 1.29 is 18.8 Å². The first-order valence-corrected chi connectivity index (χ1v) is 10.6. The fourth-order valence-electron chi connectivity index (χ4n) is 3.83. The highest BCUT2D eigenvalue weighted by Crippen LogP contribution is 2.27. The Bertz CT molecular complexity index is 1310. The Hall–Kier alpha value is -4.08. The Kier molecular flexibility index (Phi) is 6.16. The lowest BCUT2D eigenvalue weighted by atomic mass is 10.1. The number of carbonyl (C=O) groups excluding carboxylic acids is 3. The Morgan fingerprint density at radius 2 is 1.76 bits per heavy atom. The van der Waals surface area contributed by atoms with Gasteiger partial charge in [0, 0.05) is 24.9 Å². The molecule has 0 radical (unpaired) electrons. The van der Waals surface area contributed by atoms with E-state index in [9.17, 15) is 23.6 Å². The Morgan fingerprint density at radius 3 is 2.48 bits per heavy atom. The molecule has 2 heterocycles. The Morgan fingerprint density at radius 1 is 1.06 bits per heavy atom. The highest BCUT2D eigenvalue weighted by molar-refractivity contribution is 6.06. The lowest BCUT2D eigenvalue weighted by Gasteiger charge is -2.17. The number of rotatable bonds is 5. The van der Waals surface area contributed by atoms with Crippen LogP contribution < -0.4 is 21.3 Å². The van der Waals surface area contributed by atoms with Gasteiger partial charge in [0.1, 0.15) is 5.82 Å². The summed E-state index contributed by atoms with van der Waals surface area (Å²) in [5.41, 5.74) is 4.44. The zero-order valence-electron chi connectivity index (χ0n) is 17.9. The average molecular weight is 451 g/mol. The van der Waals surface area contributed by atoms with Crippen molar-refractivity contribution in [1.29, 1.82) is 0 Å². The molecular formula is C23H22FN5O4. The van der Waals surface area contributed by atoms with Gasteiger partial charge in [0.15, 0.2) is 5.69 Å². The molecule has 0 aliphatic carbocycles. The molecule has 4 rings (SSSR count). The van der Waals surface area contributed by atoms with Gasteiger partial charge in [-0.1, -0.05) is 37.3 Å². The number of para-hydroxylation sites is 1. The summed E-state index contributed by atoms with van der Waals surface area (Å²) in [6.07, 6.45) is 0.538. The molecule has 33 heavy (non-hydrogen) atoms. The molecule has 0 spiro atoms. The van der Waals surface area contributed by atoms with E-state index >= 15 is 0 Å². The number of aryl methyl sites for hydroxylation is 1. The SMILES string of the molecule is CCCn1nc(C(=O)NNC(=O)C2CC(=O)N(c3ccccc3F)C2)c2ccccc2c1=O. The smallest absolute Gasteiger partial charge is 0.290 e. The van der Waals surface area contributed by atoms with E-state index in [0.717, 1.165) is 0 Å². The third kappa shape index (κ3) is 4.32. The molecule has 1 aliphatic rings. The molecule has 0 bridgehead atoms. The number of hydrogen-bond acceptors (Lipinski definition) is 5. The van der Waals surface area contributed by atoms with Crippen LogP contribution in [0, 0.1) is 11.7 Å². The first-order valence-electron chi connectivity index (χ1n) is 10.6. The van der Waals surface area contributed by atoms with E-state index in [1.807, 2.05) is 6.92 Å². The standard InChI is InChI=1S/C23H22FN5O4/c1-2-11-29-23(33)16-8-4-3-7-15(16)20(27-29)22(32)26-25-21(31)14-12-19(30)28(13-14)18-10-6-5-9-17(18)24/h3-10,14H,2,11-13H2,1H3,(H,25,31)(H,26,32). The van der Waals surface area contributed by atoms with Crippen LogP contribution in [0.25, 0.3) is 10.8 Å². The number of aromatic nitrogens is 2. The Balaban J connectivity index is 1.48. The van der Waals surface area contributed by atoms with E-state index in [-0.39, 0.29) is 35.8 Å². The largest absolute Gasteiger partial charge is 0.309 e. The van der Waals surface area contributed by atoms with Crippen LogP contribution in [0.2, 0.25) is 0 Å². The lowest BCUT2D eigenvalue weighted by Crippen LogP contribution is -2.46. The predicted octanol–water partition coefficient (Wildman–Crippen LogP) is 1.76. The average Bonchev–Trinajstić information content (AvgIpc) is 3.21. The fourth-order valence-corrected chi connectivity index (χ4v) is 3.83. The number of hydrogen-bond donors (Lipinski definition) is 2. The molecule has 3 aromatic rings. The van der Waals surface area contributed by atoms with Crippen molar-refractivity contribution >= 4 is 34.2 Å². The quantitative estimate of drug-likeness (QED) is 0.574. The monoisotopic (exact) mass is 451 g/mol. The van der Waals surface area contributed by atoms with Gasteiger partial charge in [-0.2, -0.15) is 5.10 Å². The summed E-state index contributed by atoms with van der Waals surface area (Å²) in [4.78, 5) is 51.5. The topological polar surface area (TPSA) is 113 Å². The van der Waals surface area contributed by atoms with Gasteiger partial charge >= 0.3 is 0 Å². The molecule has 0 saturated carbocycles. The van der Waals surface area contributed by atoms with Crippen molar-refractivity contribution in [3.05, 3.63) is 70.4 Å².